The van der Waals surface area contributed by atoms with E-state index in [2.05, 4.69) is 15.5 Å². The van der Waals surface area contributed by atoms with Gasteiger partial charge < -0.3 is 5.32 Å². The molecule has 1 unspecified atom stereocenters. The fourth-order valence-electron chi connectivity index (χ4n) is 2.31. The molecule has 10 heteroatoms. The van der Waals surface area contributed by atoms with Crippen molar-refractivity contribution in [2.24, 2.45) is 0 Å². The van der Waals surface area contributed by atoms with Gasteiger partial charge in [-0.05, 0) is 13.0 Å². The van der Waals surface area contributed by atoms with Crippen molar-refractivity contribution >= 4 is 19.9 Å². The summed E-state index contributed by atoms with van der Waals surface area (Å²) in [7, 11) is -5.50. The SMILES string of the molecule is CCNCc1cn[nH]c1S(=O)(=O)N(C)C1CCS(=O)(=O)C1. The minimum absolute atomic E-state index is 0.0234. The molecular weight excluding hydrogens is 316 g/mol. The molecule has 1 saturated heterocycles. The molecule has 0 saturated carbocycles. The molecule has 1 aromatic rings. The van der Waals surface area contributed by atoms with Gasteiger partial charge in [-0.15, -0.1) is 0 Å². The second-order valence-corrected chi connectivity index (χ2v) is 9.25. The first kappa shape index (κ1) is 16.4. The first-order chi connectivity index (χ1) is 9.78. The van der Waals surface area contributed by atoms with Crippen LogP contribution in [0, 0.1) is 0 Å². The average Bonchev–Trinajstić information content (AvgIpc) is 3.01. The highest BCUT2D eigenvalue weighted by atomic mass is 32.2. The Hall–Kier alpha value is -0.970. The fraction of sp³-hybridized carbons (Fsp3) is 0.727. The molecule has 0 spiro atoms. The molecule has 0 aromatic carbocycles. The van der Waals surface area contributed by atoms with Crippen LogP contribution in [0.1, 0.15) is 18.9 Å². The van der Waals surface area contributed by atoms with E-state index < -0.39 is 25.9 Å². The first-order valence-electron chi connectivity index (χ1n) is 6.69. The average molecular weight is 336 g/mol. The topological polar surface area (TPSA) is 112 Å². The van der Waals surface area contributed by atoms with Crippen molar-refractivity contribution < 1.29 is 16.8 Å². The van der Waals surface area contributed by atoms with Gasteiger partial charge in [-0.3, -0.25) is 5.10 Å². The van der Waals surface area contributed by atoms with Crippen LogP contribution >= 0.6 is 0 Å². The summed E-state index contributed by atoms with van der Waals surface area (Å²) < 4.78 is 49.4. The van der Waals surface area contributed by atoms with Gasteiger partial charge >= 0.3 is 0 Å². The lowest BCUT2D eigenvalue weighted by molar-refractivity contribution is 0.391. The molecule has 1 aliphatic heterocycles. The predicted molar refractivity (Wildman–Crippen MR) is 78.0 cm³/mol. The monoisotopic (exact) mass is 336 g/mol. The number of nitrogens with one attached hydrogen (secondary N) is 2. The van der Waals surface area contributed by atoms with Crippen molar-refractivity contribution in [2.45, 2.75) is 31.0 Å². The van der Waals surface area contributed by atoms with Crippen molar-refractivity contribution in [1.82, 2.24) is 19.8 Å². The maximum Gasteiger partial charge on any atom is 0.260 e. The van der Waals surface area contributed by atoms with Crippen LogP contribution in [0.5, 0.6) is 0 Å². The molecule has 0 bridgehead atoms. The third-order valence-electron chi connectivity index (χ3n) is 3.60. The van der Waals surface area contributed by atoms with Gasteiger partial charge in [0.05, 0.1) is 17.7 Å². The van der Waals surface area contributed by atoms with E-state index in [1.807, 2.05) is 6.92 Å². The van der Waals surface area contributed by atoms with E-state index in [0.29, 0.717) is 25.1 Å². The third kappa shape index (κ3) is 3.44. The van der Waals surface area contributed by atoms with Crippen LogP contribution in [-0.2, 0) is 26.4 Å². The Morgan fingerprint density at radius 1 is 1.52 bits per heavy atom. The molecule has 1 fully saturated rings. The zero-order chi connectivity index (χ0) is 15.7. The summed E-state index contributed by atoms with van der Waals surface area (Å²) in [4.78, 5) is 0. The maximum absolute atomic E-state index is 12.6. The van der Waals surface area contributed by atoms with E-state index >= 15 is 0 Å². The molecular formula is C11H20N4O4S2. The van der Waals surface area contributed by atoms with Gasteiger partial charge in [-0.25, -0.2) is 16.8 Å². The number of nitrogens with zero attached hydrogens (tertiary/aromatic N) is 2. The summed E-state index contributed by atoms with van der Waals surface area (Å²) in [6.45, 7) is 3.02. The molecule has 2 heterocycles. The van der Waals surface area contributed by atoms with Gasteiger partial charge in [0.1, 0.15) is 0 Å². The van der Waals surface area contributed by atoms with Crippen LogP contribution in [0.25, 0.3) is 0 Å². The molecule has 2 rings (SSSR count). The quantitative estimate of drug-likeness (QED) is 0.712. The van der Waals surface area contributed by atoms with Crippen LogP contribution in [0.15, 0.2) is 11.2 Å². The van der Waals surface area contributed by atoms with Crippen molar-refractivity contribution in [1.29, 1.82) is 0 Å². The number of hydrogen-bond acceptors (Lipinski definition) is 6. The number of sulfone groups is 1. The minimum atomic E-state index is -3.78. The summed E-state index contributed by atoms with van der Waals surface area (Å²) in [6, 6.07) is -0.518. The zero-order valence-electron chi connectivity index (χ0n) is 12.0. The van der Waals surface area contributed by atoms with Gasteiger partial charge in [0, 0.05) is 25.2 Å². The second-order valence-electron chi connectivity index (χ2n) is 5.08. The number of sulfonamides is 1. The predicted octanol–water partition coefficient (Wildman–Crippen LogP) is -0.673. The Kier molecular flexibility index (Phi) is 4.71. The molecule has 8 nitrogen and oxygen atoms in total. The van der Waals surface area contributed by atoms with Crippen LogP contribution in [-0.4, -0.2) is 62.5 Å². The highest BCUT2D eigenvalue weighted by Crippen LogP contribution is 2.24. The van der Waals surface area contributed by atoms with Gasteiger partial charge in [-0.1, -0.05) is 6.92 Å². The van der Waals surface area contributed by atoms with E-state index in [1.165, 1.54) is 13.2 Å². The Balaban J connectivity index is 2.24. The van der Waals surface area contributed by atoms with Crippen molar-refractivity contribution in [3.05, 3.63) is 11.8 Å². The molecule has 0 amide bonds. The van der Waals surface area contributed by atoms with Crippen LogP contribution < -0.4 is 5.32 Å². The van der Waals surface area contributed by atoms with Crippen LogP contribution in [0.4, 0.5) is 0 Å². The van der Waals surface area contributed by atoms with Crippen LogP contribution in [0.2, 0.25) is 0 Å². The summed E-state index contributed by atoms with van der Waals surface area (Å²) in [5.41, 5.74) is 0.546. The molecule has 1 aliphatic rings. The molecule has 120 valence electrons. The first-order valence-corrected chi connectivity index (χ1v) is 9.95. The third-order valence-corrected chi connectivity index (χ3v) is 7.28. The molecule has 0 aliphatic carbocycles. The normalized spacial score (nSPS) is 22.0. The van der Waals surface area contributed by atoms with Crippen LogP contribution in [0.3, 0.4) is 0 Å². The summed E-state index contributed by atoms with van der Waals surface area (Å²) >= 11 is 0. The van der Waals surface area contributed by atoms with E-state index in [4.69, 9.17) is 0 Å². The molecule has 1 aromatic heterocycles. The number of rotatable bonds is 6. The van der Waals surface area contributed by atoms with Crippen molar-refractivity contribution in [3.8, 4) is 0 Å². The summed E-state index contributed by atoms with van der Waals surface area (Å²) in [5.74, 6) is -0.0931. The van der Waals surface area contributed by atoms with Gasteiger partial charge in [0.2, 0.25) is 0 Å². The van der Waals surface area contributed by atoms with E-state index in [-0.39, 0.29) is 16.5 Å². The van der Waals surface area contributed by atoms with E-state index in [9.17, 15) is 16.8 Å². The van der Waals surface area contributed by atoms with Crippen molar-refractivity contribution in [2.75, 3.05) is 25.1 Å². The number of aromatic amines is 1. The Labute approximate surface area is 124 Å². The Bertz CT molecular complexity index is 696. The minimum Gasteiger partial charge on any atom is -0.313 e. The molecule has 2 N–H and O–H groups in total. The summed E-state index contributed by atoms with van der Waals surface area (Å²) in [6.07, 6.45) is 1.80. The number of aromatic nitrogens is 2. The van der Waals surface area contributed by atoms with Gasteiger partial charge in [0.25, 0.3) is 10.0 Å². The zero-order valence-corrected chi connectivity index (χ0v) is 13.7. The van der Waals surface area contributed by atoms with E-state index in [1.54, 1.807) is 0 Å². The largest absolute Gasteiger partial charge is 0.313 e. The lowest BCUT2D eigenvalue weighted by Gasteiger charge is -2.22. The summed E-state index contributed by atoms with van der Waals surface area (Å²) in [5, 5.41) is 9.37. The highest BCUT2D eigenvalue weighted by Gasteiger charge is 2.37. The number of H-pyrrole nitrogens is 1. The maximum atomic E-state index is 12.6. The standard InChI is InChI=1S/C11H20N4O4S2/c1-3-12-6-9-7-13-14-11(9)21(18,19)15(2)10-4-5-20(16,17)8-10/h7,10,12H,3-6,8H2,1-2H3,(H,13,14). The lowest BCUT2D eigenvalue weighted by Crippen LogP contribution is -2.38. The molecule has 0 radical (unpaired) electrons. The van der Waals surface area contributed by atoms with E-state index in [0.717, 1.165) is 4.31 Å². The smallest absolute Gasteiger partial charge is 0.260 e. The van der Waals surface area contributed by atoms with Gasteiger partial charge in [0.15, 0.2) is 14.9 Å². The Morgan fingerprint density at radius 3 is 2.81 bits per heavy atom. The van der Waals surface area contributed by atoms with Gasteiger partial charge in [-0.2, -0.15) is 9.40 Å². The Morgan fingerprint density at radius 2 is 2.24 bits per heavy atom. The van der Waals surface area contributed by atoms with Crippen molar-refractivity contribution in [3.63, 3.8) is 0 Å². The fourth-order valence-corrected chi connectivity index (χ4v) is 5.66. The molecule has 21 heavy (non-hydrogen) atoms. The highest BCUT2D eigenvalue weighted by molar-refractivity contribution is 7.92. The lowest BCUT2D eigenvalue weighted by atomic mass is 10.3. The number of hydrogen-bond donors (Lipinski definition) is 2. The molecule has 1 atom stereocenters. The second kappa shape index (κ2) is 6.03.